The van der Waals surface area contributed by atoms with Crippen LogP contribution in [0, 0.1) is 14.9 Å². The van der Waals surface area contributed by atoms with E-state index < -0.39 is 0 Å². The van der Waals surface area contributed by atoms with Crippen LogP contribution >= 0.6 is 22.6 Å². The van der Waals surface area contributed by atoms with Crippen LogP contribution in [0.5, 0.6) is 11.5 Å². The minimum absolute atomic E-state index is 0.384. The number of hydrogen-bond donors (Lipinski definition) is 0. The molecule has 78 valence electrons. The molecule has 4 heteroatoms. The summed E-state index contributed by atoms with van der Waals surface area (Å²) in [5.41, 5.74) is 0.384. The molecule has 0 saturated heterocycles. The zero-order valence-electron chi connectivity index (χ0n) is 8.22. The number of nitriles is 1. The summed E-state index contributed by atoms with van der Waals surface area (Å²) in [6.45, 7) is 0. The zero-order chi connectivity index (χ0) is 11.4. The molecule has 0 amide bonds. The predicted octanol–water partition coefficient (Wildman–Crippen LogP) is 3.35. The summed E-state index contributed by atoms with van der Waals surface area (Å²) < 4.78 is 6.71. The average molecular weight is 322 g/mol. The largest absolute Gasteiger partial charge is 0.456 e. The first-order chi connectivity index (χ1) is 7.78. The summed E-state index contributed by atoms with van der Waals surface area (Å²) >= 11 is 2.23. The Morgan fingerprint density at radius 2 is 1.75 bits per heavy atom. The number of hydrogen-bond acceptors (Lipinski definition) is 3. The van der Waals surface area contributed by atoms with Crippen LogP contribution in [0.4, 0.5) is 0 Å². The summed E-state index contributed by atoms with van der Waals surface area (Å²) in [6, 6.07) is 13.0. The third-order valence-corrected chi connectivity index (χ3v) is 2.62. The molecule has 3 nitrogen and oxygen atoms in total. The highest BCUT2D eigenvalue weighted by molar-refractivity contribution is 14.1. The van der Waals surface area contributed by atoms with Crippen LogP contribution in [0.1, 0.15) is 5.69 Å². The van der Waals surface area contributed by atoms with Gasteiger partial charge in [0.2, 0.25) is 0 Å². The van der Waals surface area contributed by atoms with Gasteiger partial charge in [-0.05, 0) is 59.0 Å². The lowest BCUT2D eigenvalue weighted by Crippen LogP contribution is -1.87. The molecule has 0 radical (unpaired) electrons. The molecular weight excluding hydrogens is 315 g/mol. The minimum atomic E-state index is 0.384. The van der Waals surface area contributed by atoms with Crippen LogP contribution in [0.2, 0.25) is 0 Å². The van der Waals surface area contributed by atoms with E-state index in [0.717, 1.165) is 9.32 Å². The summed E-state index contributed by atoms with van der Waals surface area (Å²) in [4.78, 5) is 3.92. The Hall–Kier alpha value is -1.61. The van der Waals surface area contributed by atoms with Crippen molar-refractivity contribution in [2.45, 2.75) is 0 Å². The molecule has 1 heterocycles. The Morgan fingerprint density at radius 3 is 2.31 bits per heavy atom. The van der Waals surface area contributed by atoms with E-state index in [4.69, 9.17) is 10.00 Å². The average Bonchev–Trinajstić information content (AvgIpc) is 2.33. The fraction of sp³-hybridized carbons (Fsp3) is 0. The van der Waals surface area contributed by atoms with E-state index in [9.17, 15) is 0 Å². The van der Waals surface area contributed by atoms with Gasteiger partial charge in [-0.3, -0.25) is 0 Å². The first-order valence-electron chi connectivity index (χ1n) is 4.57. The maximum Gasteiger partial charge on any atom is 0.145 e. The van der Waals surface area contributed by atoms with Gasteiger partial charge < -0.3 is 4.74 Å². The maximum atomic E-state index is 8.59. The lowest BCUT2D eigenvalue weighted by atomic mass is 10.3. The Bertz CT molecular complexity index is 514. The third kappa shape index (κ3) is 2.70. The summed E-state index contributed by atoms with van der Waals surface area (Å²) in [6.07, 6.45) is 1.54. The van der Waals surface area contributed by atoms with E-state index in [0.29, 0.717) is 11.4 Å². The second-order valence-corrected chi connectivity index (χ2v) is 4.29. The lowest BCUT2D eigenvalue weighted by molar-refractivity contribution is 0.480. The standard InChI is InChI=1S/C12H7IN2O/c13-9-1-4-11(5-2-9)16-12-6-3-10(7-14)15-8-12/h1-6,8H. The van der Waals surface area contributed by atoms with Gasteiger partial charge in [-0.2, -0.15) is 5.26 Å². The van der Waals surface area contributed by atoms with Gasteiger partial charge in [-0.15, -0.1) is 0 Å². The molecule has 2 aromatic rings. The van der Waals surface area contributed by atoms with Crippen LogP contribution in [0.15, 0.2) is 42.6 Å². The molecule has 0 saturated carbocycles. The second-order valence-electron chi connectivity index (χ2n) is 3.05. The van der Waals surface area contributed by atoms with Gasteiger partial charge in [0.25, 0.3) is 0 Å². The molecule has 0 bridgehead atoms. The quantitative estimate of drug-likeness (QED) is 0.797. The van der Waals surface area contributed by atoms with E-state index >= 15 is 0 Å². The van der Waals surface area contributed by atoms with E-state index in [2.05, 4.69) is 27.6 Å². The highest BCUT2D eigenvalue weighted by Gasteiger charge is 1.98. The van der Waals surface area contributed by atoms with Crippen LogP contribution < -0.4 is 4.74 Å². The van der Waals surface area contributed by atoms with Crippen molar-refractivity contribution in [2.75, 3.05) is 0 Å². The smallest absolute Gasteiger partial charge is 0.145 e. The van der Waals surface area contributed by atoms with E-state index in [-0.39, 0.29) is 0 Å². The normalized spacial score (nSPS) is 9.50. The predicted molar refractivity (Wildman–Crippen MR) is 68.2 cm³/mol. The highest BCUT2D eigenvalue weighted by atomic mass is 127. The number of pyridine rings is 1. The van der Waals surface area contributed by atoms with Crippen molar-refractivity contribution in [3.8, 4) is 17.6 Å². The van der Waals surface area contributed by atoms with Gasteiger partial charge in [0.05, 0.1) is 6.20 Å². The number of aromatic nitrogens is 1. The first-order valence-corrected chi connectivity index (χ1v) is 5.65. The van der Waals surface area contributed by atoms with Crippen molar-refractivity contribution < 1.29 is 4.74 Å². The van der Waals surface area contributed by atoms with Gasteiger partial charge in [0.1, 0.15) is 23.3 Å². The topological polar surface area (TPSA) is 45.9 Å². The molecule has 0 fully saturated rings. The molecule has 2 rings (SSSR count). The Balaban J connectivity index is 2.15. The number of rotatable bonds is 2. The molecular formula is C12H7IN2O. The number of ether oxygens (including phenoxy) is 1. The SMILES string of the molecule is N#Cc1ccc(Oc2ccc(I)cc2)cn1. The minimum Gasteiger partial charge on any atom is -0.456 e. The van der Waals surface area contributed by atoms with Crippen molar-refractivity contribution in [1.29, 1.82) is 5.26 Å². The van der Waals surface area contributed by atoms with Crippen molar-refractivity contribution in [3.05, 3.63) is 51.9 Å². The molecule has 0 aliphatic carbocycles. The van der Waals surface area contributed by atoms with Crippen LogP contribution in [-0.2, 0) is 0 Å². The Labute approximate surface area is 107 Å². The second kappa shape index (κ2) is 4.94. The number of nitrogens with zero attached hydrogens (tertiary/aromatic N) is 2. The third-order valence-electron chi connectivity index (χ3n) is 1.90. The number of benzene rings is 1. The van der Waals surface area contributed by atoms with Gasteiger partial charge >= 0.3 is 0 Å². The Morgan fingerprint density at radius 1 is 1.06 bits per heavy atom. The van der Waals surface area contributed by atoms with E-state index in [1.807, 2.05) is 30.3 Å². The van der Waals surface area contributed by atoms with Gasteiger partial charge in [-0.1, -0.05) is 0 Å². The Kier molecular flexibility index (Phi) is 3.37. The molecule has 1 aromatic carbocycles. The number of halogens is 1. The van der Waals surface area contributed by atoms with Crippen molar-refractivity contribution in [1.82, 2.24) is 4.98 Å². The van der Waals surface area contributed by atoms with Crippen LogP contribution in [-0.4, -0.2) is 4.98 Å². The molecule has 0 spiro atoms. The van der Waals surface area contributed by atoms with Crippen molar-refractivity contribution >= 4 is 22.6 Å². The summed E-state index contributed by atoms with van der Waals surface area (Å²) in [5.74, 6) is 1.38. The van der Waals surface area contributed by atoms with Crippen LogP contribution in [0.3, 0.4) is 0 Å². The first kappa shape index (κ1) is 10.9. The zero-order valence-corrected chi connectivity index (χ0v) is 10.4. The molecule has 0 aliphatic rings. The maximum absolute atomic E-state index is 8.59. The summed E-state index contributed by atoms with van der Waals surface area (Å²) in [7, 11) is 0. The lowest BCUT2D eigenvalue weighted by Gasteiger charge is -2.04. The van der Waals surface area contributed by atoms with E-state index in [1.54, 1.807) is 12.1 Å². The fourth-order valence-electron chi connectivity index (χ4n) is 1.15. The van der Waals surface area contributed by atoms with Gasteiger partial charge in [0.15, 0.2) is 0 Å². The van der Waals surface area contributed by atoms with Crippen LogP contribution in [0.25, 0.3) is 0 Å². The highest BCUT2D eigenvalue weighted by Crippen LogP contribution is 2.21. The summed E-state index contributed by atoms with van der Waals surface area (Å²) in [5, 5.41) is 8.59. The van der Waals surface area contributed by atoms with Crippen molar-refractivity contribution in [3.63, 3.8) is 0 Å². The van der Waals surface area contributed by atoms with E-state index in [1.165, 1.54) is 6.20 Å². The van der Waals surface area contributed by atoms with Crippen molar-refractivity contribution in [2.24, 2.45) is 0 Å². The van der Waals surface area contributed by atoms with Gasteiger partial charge in [-0.25, -0.2) is 4.98 Å². The molecule has 0 aliphatic heterocycles. The van der Waals surface area contributed by atoms with Gasteiger partial charge in [0, 0.05) is 3.57 Å². The molecule has 0 atom stereocenters. The monoisotopic (exact) mass is 322 g/mol. The molecule has 16 heavy (non-hydrogen) atoms. The molecule has 0 unspecified atom stereocenters. The molecule has 0 N–H and O–H groups in total. The molecule has 1 aromatic heterocycles. The fourth-order valence-corrected chi connectivity index (χ4v) is 1.51.